The number of rotatable bonds is 8. The Balaban J connectivity index is 1.30. The third-order valence-electron chi connectivity index (χ3n) is 9.12. The van der Waals surface area contributed by atoms with Gasteiger partial charge < -0.3 is 8.37 Å². The lowest BCUT2D eigenvalue weighted by atomic mass is 10.1. The minimum Gasteiger partial charge on any atom is -0.378 e. The summed E-state index contributed by atoms with van der Waals surface area (Å²) in [5.74, 6) is -0.115. The van der Waals surface area contributed by atoms with Crippen LogP contribution in [0.5, 0.6) is 11.5 Å². The minimum atomic E-state index is -4.37. The summed E-state index contributed by atoms with van der Waals surface area (Å²) in [4.78, 5) is 9.75. The Kier molecular flexibility index (Phi) is 8.23. The highest BCUT2D eigenvalue weighted by atomic mass is 32.2. The Labute approximate surface area is 319 Å². The van der Waals surface area contributed by atoms with Gasteiger partial charge in [0.2, 0.25) is 0 Å². The number of aromatic nitrogens is 2. The van der Waals surface area contributed by atoms with Gasteiger partial charge in [0, 0.05) is 10.8 Å². The van der Waals surface area contributed by atoms with Crippen LogP contribution in [0.4, 0.5) is 0 Å². The number of nitrogens with zero attached hydrogens (tertiary/aromatic N) is 2. The molecule has 0 radical (unpaired) electrons. The normalized spacial score (nSPS) is 12.2. The molecule has 8 nitrogen and oxygen atoms in total. The molecule has 0 saturated carbocycles. The molecule has 0 spiro atoms. The largest absolute Gasteiger partial charge is 0.378 e. The zero-order valence-electron chi connectivity index (χ0n) is 28.7. The SMILES string of the molecule is Cc1ccc(S(=O)(=O)Oc2cc(-c3nc4ccc5ccccc5c4s3)c(OS(=O)(=O)c3ccc(C)cc3)cc2-c2nc3ccc4ccccc4c3s2)cc1. The minimum absolute atomic E-state index is 0.0374. The van der Waals surface area contributed by atoms with Crippen molar-refractivity contribution in [1.29, 1.82) is 0 Å². The highest BCUT2D eigenvalue weighted by Gasteiger charge is 2.28. The van der Waals surface area contributed by atoms with Crippen LogP contribution in [0.3, 0.4) is 0 Å². The maximum atomic E-state index is 13.9. The van der Waals surface area contributed by atoms with Gasteiger partial charge in [0.25, 0.3) is 0 Å². The predicted molar refractivity (Wildman–Crippen MR) is 217 cm³/mol. The van der Waals surface area contributed by atoms with Crippen molar-refractivity contribution in [2.45, 2.75) is 23.6 Å². The van der Waals surface area contributed by atoms with E-state index in [1.165, 1.54) is 59.1 Å². The fraction of sp³-hybridized carbons (Fsp3) is 0.0476. The summed E-state index contributed by atoms with van der Waals surface area (Å²) < 4.78 is 69.5. The number of hydrogen-bond acceptors (Lipinski definition) is 10. The van der Waals surface area contributed by atoms with E-state index in [0.717, 1.165) is 42.1 Å². The van der Waals surface area contributed by atoms with Crippen molar-refractivity contribution in [2.75, 3.05) is 0 Å². The molecule has 2 heterocycles. The smallest absolute Gasteiger partial charge is 0.339 e. The van der Waals surface area contributed by atoms with Crippen molar-refractivity contribution >= 4 is 84.9 Å². The van der Waals surface area contributed by atoms with E-state index in [9.17, 15) is 16.8 Å². The Bertz CT molecular complexity index is 2940. The van der Waals surface area contributed by atoms with E-state index in [2.05, 4.69) is 0 Å². The van der Waals surface area contributed by atoms with E-state index in [1.54, 1.807) is 24.3 Å². The second-order valence-corrected chi connectivity index (χ2v) is 17.9. The van der Waals surface area contributed by atoms with Gasteiger partial charge in [-0.25, -0.2) is 9.97 Å². The van der Waals surface area contributed by atoms with E-state index in [0.29, 0.717) is 21.0 Å². The highest BCUT2D eigenvalue weighted by Crippen LogP contribution is 2.47. The zero-order chi connectivity index (χ0) is 37.2. The molecule has 2 aromatic heterocycles. The summed E-state index contributed by atoms with van der Waals surface area (Å²) in [5, 5.41) is 4.82. The number of benzene rings is 7. The standard InChI is InChI=1S/C42H28N2O6S4/c1-25-11-17-29(18-12-25)53(45,46)49-37-23-34(42-44-36-22-16-28-8-4-6-10-32(28)40(36)52-42)38(50-54(47,48)30-19-13-26(2)14-20-30)24-33(37)41-43-35-21-15-27-7-3-5-9-31(27)39(35)51-41/h3-24H,1-2H3. The van der Waals surface area contributed by atoms with Gasteiger partial charge in [-0.2, -0.15) is 16.8 Å². The molecular formula is C42H28N2O6S4. The second kappa shape index (κ2) is 13.0. The molecule has 7 aromatic carbocycles. The summed E-state index contributed by atoms with van der Waals surface area (Å²) in [6.07, 6.45) is 0. The highest BCUT2D eigenvalue weighted by molar-refractivity contribution is 7.87. The Morgan fingerprint density at radius 1 is 0.481 bits per heavy atom. The number of aryl methyl sites for hydroxylation is 2. The van der Waals surface area contributed by atoms with Gasteiger partial charge in [0.05, 0.1) is 31.6 Å². The monoisotopic (exact) mass is 784 g/mol. The van der Waals surface area contributed by atoms with Crippen LogP contribution in [-0.4, -0.2) is 26.8 Å². The van der Waals surface area contributed by atoms with Gasteiger partial charge in [-0.1, -0.05) is 96.1 Å². The number of thiazole rings is 2. The first-order valence-electron chi connectivity index (χ1n) is 16.8. The van der Waals surface area contributed by atoms with Crippen LogP contribution < -0.4 is 8.37 Å². The molecule has 9 aromatic rings. The van der Waals surface area contributed by atoms with Crippen LogP contribution in [0, 0.1) is 13.8 Å². The van der Waals surface area contributed by atoms with Crippen molar-refractivity contribution in [3.63, 3.8) is 0 Å². The Morgan fingerprint density at radius 3 is 1.28 bits per heavy atom. The van der Waals surface area contributed by atoms with Crippen molar-refractivity contribution in [3.05, 3.63) is 145 Å². The van der Waals surface area contributed by atoms with E-state index in [4.69, 9.17) is 18.3 Å². The first kappa shape index (κ1) is 34.1. The summed E-state index contributed by atoms with van der Waals surface area (Å²) in [7, 11) is -8.74. The van der Waals surface area contributed by atoms with Crippen LogP contribution in [0.15, 0.2) is 143 Å². The molecule has 0 aliphatic carbocycles. The lowest BCUT2D eigenvalue weighted by molar-refractivity contribution is 0.479. The van der Waals surface area contributed by atoms with Crippen LogP contribution in [0.1, 0.15) is 11.1 Å². The lowest BCUT2D eigenvalue weighted by Crippen LogP contribution is -2.12. The van der Waals surface area contributed by atoms with Gasteiger partial charge >= 0.3 is 20.2 Å². The van der Waals surface area contributed by atoms with E-state index >= 15 is 0 Å². The fourth-order valence-corrected chi connectivity index (χ4v) is 10.4. The van der Waals surface area contributed by atoms with Crippen LogP contribution in [0.25, 0.3) is 63.1 Å². The lowest BCUT2D eigenvalue weighted by Gasteiger charge is -2.16. The van der Waals surface area contributed by atoms with Gasteiger partial charge in [-0.3, -0.25) is 0 Å². The quantitative estimate of drug-likeness (QED) is 0.140. The molecule has 0 atom stereocenters. The molecule has 266 valence electrons. The predicted octanol–water partition coefficient (Wildman–Crippen LogP) is 10.7. The summed E-state index contributed by atoms with van der Waals surface area (Å²) in [6, 6.07) is 39.3. The van der Waals surface area contributed by atoms with Crippen LogP contribution >= 0.6 is 22.7 Å². The van der Waals surface area contributed by atoms with E-state index in [-0.39, 0.29) is 32.4 Å². The molecule has 0 bridgehead atoms. The molecule has 12 heteroatoms. The number of fused-ring (bicyclic) bond motifs is 6. The van der Waals surface area contributed by atoms with Crippen LogP contribution in [-0.2, 0) is 20.2 Å². The Hall–Kier alpha value is -5.66. The third-order valence-corrected chi connectivity index (χ3v) is 13.9. The number of hydrogen-bond donors (Lipinski definition) is 0. The average molecular weight is 785 g/mol. The molecule has 0 aliphatic heterocycles. The third kappa shape index (κ3) is 6.16. The van der Waals surface area contributed by atoms with E-state index < -0.39 is 20.2 Å². The van der Waals surface area contributed by atoms with E-state index in [1.807, 2.05) is 86.6 Å². The summed E-state index contributed by atoms with van der Waals surface area (Å²) in [5.41, 5.74) is 3.63. The molecule has 0 saturated heterocycles. The molecule has 54 heavy (non-hydrogen) atoms. The van der Waals surface area contributed by atoms with Gasteiger partial charge in [0.1, 0.15) is 19.8 Å². The molecule has 0 unspecified atom stereocenters. The molecule has 9 rings (SSSR count). The molecular weight excluding hydrogens is 757 g/mol. The first-order valence-corrected chi connectivity index (χ1v) is 21.3. The first-order chi connectivity index (χ1) is 26.0. The fourth-order valence-electron chi connectivity index (χ4n) is 6.32. The topological polar surface area (TPSA) is 113 Å². The molecule has 0 amide bonds. The van der Waals surface area contributed by atoms with Crippen molar-refractivity contribution in [2.24, 2.45) is 0 Å². The average Bonchev–Trinajstić information content (AvgIpc) is 3.81. The summed E-state index contributed by atoms with van der Waals surface area (Å²) in [6.45, 7) is 3.73. The molecule has 0 N–H and O–H groups in total. The van der Waals surface area contributed by atoms with Crippen molar-refractivity contribution < 1.29 is 25.2 Å². The maximum Gasteiger partial charge on any atom is 0.339 e. The van der Waals surface area contributed by atoms with Crippen LogP contribution in [0.2, 0.25) is 0 Å². The molecule has 0 aliphatic rings. The zero-order valence-corrected chi connectivity index (χ0v) is 31.9. The second-order valence-electron chi connectivity index (χ2n) is 12.9. The summed E-state index contributed by atoms with van der Waals surface area (Å²) >= 11 is 2.69. The van der Waals surface area contributed by atoms with Crippen molar-refractivity contribution in [3.8, 4) is 32.6 Å². The van der Waals surface area contributed by atoms with Gasteiger partial charge in [0.15, 0.2) is 11.5 Å². The Morgan fingerprint density at radius 2 is 0.870 bits per heavy atom. The van der Waals surface area contributed by atoms with Gasteiger partial charge in [-0.15, -0.1) is 22.7 Å². The van der Waals surface area contributed by atoms with Gasteiger partial charge in [-0.05, 0) is 73.2 Å². The maximum absolute atomic E-state index is 13.9. The van der Waals surface area contributed by atoms with Crippen molar-refractivity contribution in [1.82, 2.24) is 9.97 Å². The molecule has 0 fully saturated rings.